The first kappa shape index (κ1) is 13.5. The second-order valence-electron chi connectivity index (χ2n) is 3.47. The van der Waals surface area contributed by atoms with Crippen LogP contribution >= 0.6 is 11.6 Å². The lowest BCUT2D eigenvalue weighted by molar-refractivity contribution is -0.141. The molecule has 0 saturated carbocycles. The maximum atomic E-state index is 11.4. The van der Waals surface area contributed by atoms with Crippen molar-refractivity contribution in [3.05, 3.63) is 11.0 Å². The van der Waals surface area contributed by atoms with E-state index in [1.54, 1.807) is 6.92 Å². The Kier molecular flexibility index (Phi) is 4.51. The molecular formula is C10H15ClN4O2. The van der Waals surface area contributed by atoms with Gasteiger partial charge in [0.2, 0.25) is 5.28 Å². The second-order valence-corrected chi connectivity index (χ2v) is 3.81. The molecule has 7 heteroatoms. The summed E-state index contributed by atoms with van der Waals surface area (Å²) in [5.74, 6) is -0.0287. The van der Waals surface area contributed by atoms with E-state index in [2.05, 4.69) is 20.0 Å². The van der Waals surface area contributed by atoms with Crippen LogP contribution in [0.3, 0.4) is 0 Å². The van der Waals surface area contributed by atoms with Crippen LogP contribution in [0.4, 0.5) is 11.5 Å². The average molecular weight is 259 g/mol. The number of nitrogens with one attached hydrogen (secondary N) is 1. The maximum Gasteiger partial charge on any atom is 0.328 e. The highest BCUT2D eigenvalue weighted by atomic mass is 35.5. The van der Waals surface area contributed by atoms with Crippen LogP contribution in [0, 0.1) is 6.92 Å². The molecule has 3 N–H and O–H groups in total. The molecule has 0 aliphatic carbocycles. The number of rotatable bonds is 4. The molecule has 17 heavy (non-hydrogen) atoms. The number of ether oxygens (including phenoxy) is 1. The average Bonchev–Trinajstić information content (AvgIpc) is 2.30. The number of carbonyl (C=O) groups excluding carboxylic acids is 1. The second kappa shape index (κ2) is 5.67. The van der Waals surface area contributed by atoms with Crippen molar-refractivity contribution >= 4 is 29.1 Å². The summed E-state index contributed by atoms with van der Waals surface area (Å²) in [6.07, 6.45) is 0.548. The van der Waals surface area contributed by atoms with Crippen LogP contribution in [0.15, 0.2) is 0 Å². The normalized spacial score (nSPS) is 12.0. The SMILES string of the molecule is CCC(Nc1nc(Cl)nc(C)c1N)C(=O)OC. The van der Waals surface area contributed by atoms with Crippen molar-refractivity contribution in [2.45, 2.75) is 26.3 Å². The van der Waals surface area contributed by atoms with E-state index in [1.807, 2.05) is 6.92 Å². The Morgan fingerprint density at radius 3 is 2.76 bits per heavy atom. The van der Waals surface area contributed by atoms with E-state index in [1.165, 1.54) is 7.11 Å². The summed E-state index contributed by atoms with van der Waals surface area (Å²) in [4.78, 5) is 19.3. The van der Waals surface area contributed by atoms with E-state index in [-0.39, 0.29) is 11.3 Å². The molecule has 94 valence electrons. The summed E-state index contributed by atoms with van der Waals surface area (Å²) in [5.41, 5.74) is 6.73. The van der Waals surface area contributed by atoms with E-state index in [4.69, 9.17) is 17.3 Å². The summed E-state index contributed by atoms with van der Waals surface area (Å²) >= 11 is 5.73. The van der Waals surface area contributed by atoms with Gasteiger partial charge in [0.05, 0.1) is 18.5 Å². The maximum absolute atomic E-state index is 11.4. The van der Waals surface area contributed by atoms with Crippen LogP contribution < -0.4 is 11.1 Å². The fourth-order valence-corrected chi connectivity index (χ4v) is 1.50. The number of hydrogen-bond donors (Lipinski definition) is 2. The molecule has 0 aliphatic heterocycles. The van der Waals surface area contributed by atoms with Crippen LogP contribution in [0.5, 0.6) is 0 Å². The molecule has 0 aliphatic rings. The standard InChI is InChI=1S/C10H15ClN4O2/c1-4-6(9(16)17-3)14-8-7(12)5(2)13-10(11)15-8/h6H,4,12H2,1-3H3,(H,13,14,15). The van der Waals surface area contributed by atoms with Crippen molar-refractivity contribution in [2.24, 2.45) is 0 Å². The summed E-state index contributed by atoms with van der Waals surface area (Å²) in [6, 6.07) is -0.507. The van der Waals surface area contributed by atoms with Crippen molar-refractivity contribution in [3.63, 3.8) is 0 Å². The van der Waals surface area contributed by atoms with Crippen LogP contribution in [-0.4, -0.2) is 29.1 Å². The van der Waals surface area contributed by atoms with Gasteiger partial charge in [-0.05, 0) is 24.9 Å². The highest BCUT2D eigenvalue weighted by Gasteiger charge is 2.19. The number of anilines is 2. The predicted molar refractivity (Wildman–Crippen MR) is 65.9 cm³/mol. The van der Waals surface area contributed by atoms with E-state index in [0.717, 1.165) is 0 Å². The van der Waals surface area contributed by atoms with Gasteiger partial charge in [0.15, 0.2) is 5.82 Å². The Morgan fingerprint density at radius 1 is 1.59 bits per heavy atom. The molecule has 6 nitrogen and oxygen atoms in total. The monoisotopic (exact) mass is 258 g/mol. The summed E-state index contributed by atoms with van der Waals surface area (Å²) in [6.45, 7) is 3.56. The number of aryl methyl sites for hydroxylation is 1. The molecule has 1 atom stereocenters. The van der Waals surface area contributed by atoms with Gasteiger partial charge in [-0.2, -0.15) is 4.98 Å². The van der Waals surface area contributed by atoms with Crippen LogP contribution in [0.25, 0.3) is 0 Å². The highest BCUT2D eigenvalue weighted by Crippen LogP contribution is 2.21. The molecule has 0 aromatic carbocycles. The summed E-state index contributed by atoms with van der Waals surface area (Å²) in [5, 5.41) is 2.98. The number of carbonyl (C=O) groups is 1. The summed E-state index contributed by atoms with van der Waals surface area (Å²) in [7, 11) is 1.33. The van der Waals surface area contributed by atoms with Crippen molar-refractivity contribution in [1.29, 1.82) is 0 Å². The first-order valence-electron chi connectivity index (χ1n) is 5.13. The number of esters is 1. The first-order valence-corrected chi connectivity index (χ1v) is 5.51. The molecule has 0 radical (unpaired) electrons. The van der Waals surface area contributed by atoms with Crippen molar-refractivity contribution in [2.75, 3.05) is 18.2 Å². The van der Waals surface area contributed by atoms with Gasteiger partial charge in [-0.1, -0.05) is 6.92 Å². The fraction of sp³-hybridized carbons (Fsp3) is 0.500. The number of nitrogens with zero attached hydrogens (tertiary/aromatic N) is 2. The Hall–Kier alpha value is -1.56. The van der Waals surface area contributed by atoms with Crippen molar-refractivity contribution in [1.82, 2.24) is 9.97 Å². The lowest BCUT2D eigenvalue weighted by Gasteiger charge is -2.16. The lowest BCUT2D eigenvalue weighted by atomic mass is 10.2. The van der Waals surface area contributed by atoms with Crippen LogP contribution in [0.2, 0.25) is 5.28 Å². The molecule has 1 rings (SSSR count). The number of hydrogen-bond acceptors (Lipinski definition) is 6. The predicted octanol–water partition coefficient (Wildman–Crippen LogP) is 1.38. The Balaban J connectivity index is 2.97. The van der Waals surface area contributed by atoms with Gasteiger partial charge in [-0.3, -0.25) is 0 Å². The zero-order valence-electron chi connectivity index (χ0n) is 9.95. The molecule has 0 amide bonds. The topological polar surface area (TPSA) is 90.1 Å². The number of nitrogens with two attached hydrogens (primary N) is 1. The van der Waals surface area contributed by atoms with Crippen molar-refractivity contribution < 1.29 is 9.53 Å². The molecule has 0 spiro atoms. The first-order chi connectivity index (χ1) is 7.99. The minimum Gasteiger partial charge on any atom is -0.467 e. The molecular weight excluding hydrogens is 244 g/mol. The van der Waals surface area contributed by atoms with Crippen LogP contribution in [0.1, 0.15) is 19.0 Å². The Bertz CT molecular complexity index is 425. The fourth-order valence-electron chi connectivity index (χ4n) is 1.29. The van der Waals surface area contributed by atoms with Gasteiger partial charge in [0.1, 0.15) is 6.04 Å². The van der Waals surface area contributed by atoms with Gasteiger partial charge in [0.25, 0.3) is 0 Å². The van der Waals surface area contributed by atoms with E-state index in [0.29, 0.717) is 23.6 Å². The Labute approximate surface area is 105 Å². The van der Waals surface area contributed by atoms with Gasteiger partial charge in [-0.25, -0.2) is 9.78 Å². The minimum absolute atomic E-state index is 0.0823. The van der Waals surface area contributed by atoms with Crippen molar-refractivity contribution in [3.8, 4) is 0 Å². The quantitative estimate of drug-likeness (QED) is 0.626. The minimum atomic E-state index is -0.507. The molecule has 1 aromatic heterocycles. The Morgan fingerprint density at radius 2 is 2.24 bits per heavy atom. The number of nitrogen functional groups attached to an aromatic ring is 1. The zero-order chi connectivity index (χ0) is 13.0. The van der Waals surface area contributed by atoms with Gasteiger partial charge in [-0.15, -0.1) is 0 Å². The molecule has 1 aromatic rings. The third kappa shape index (κ3) is 3.20. The zero-order valence-corrected chi connectivity index (χ0v) is 10.7. The molecule has 0 saturated heterocycles. The van der Waals surface area contributed by atoms with E-state index >= 15 is 0 Å². The lowest BCUT2D eigenvalue weighted by Crippen LogP contribution is -2.30. The van der Waals surface area contributed by atoms with Gasteiger partial charge < -0.3 is 15.8 Å². The molecule has 0 bridgehead atoms. The third-order valence-corrected chi connectivity index (χ3v) is 2.48. The molecule has 0 fully saturated rings. The van der Waals surface area contributed by atoms with Gasteiger partial charge >= 0.3 is 5.97 Å². The number of methoxy groups -OCH3 is 1. The smallest absolute Gasteiger partial charge is 0.328 e. The summed E-state index contributed by atoms with van der Waals surface area (Å²) < 4.78 is 4.66. The van der Waals surface area contributed by atoms with E-state index < -0.39 is 6.04 Å². The molecule has 1 unspecified atom stereocenters. The highest BCUT2D eigenvalue weighted by molar-refractivity contribution is 6.28. The third-order valence-electron chi connectivity index (χ3n) is 2.31. The largest absolute Gasteiger partial charge is 0.467 e. The van der Waals surface area contributed by atoms with Gasteiger partial charge in [0, 0.05) is 0 Å². The number of halogens is 1. The number of aromatic nitrogens is 2. The van der Waals surface area contributed by atoms with E-state index in [9.17, 15) is 4.79 Å². The van der Waals surface area contributed by atoms with Crippen LogP contribution in [-0.2, 0) is 9.53 Å². The molecule has 1 heterocycles.